The molecule has 5 nitrogen and oxygen atoms in total. The van der Waals surface area contributed by atoms with Crippen molar-refractivity contribution in [3.8, 4) is 23.0 Å². The summed E-state index contributed by atoms with van der Waals surface area (Å²) in [4.78, 5) is -1.78. The molecule has 0 heterocycles. The second-order valence-corrected chi connectivity index (χ2v) is 13.4. The summed E-state index contributed by atoms with van der Waals surface area (Å²) in [6, 6.07) is 10.9. The van der Waals surface area contributed by atoms with E-state index in [9.17, 15) is 5.11 Å². The van der Waals surface area contributed by atoms with Crippen molar-refractivity contribution in [2.75, 3.05) is 0 Å². The third kappa shape index (κ3) is 8.53. The molecule has 2 aromatic carbocycles. The monoisotopic (exact) mass is 504 g/mol. The molecule has 0 saturated heterocycles. The third-order valence-electron chi connectivity index (χ3n) is 4.36. The smallest absolute Gasteiger partial charge is 0.169 e. The molecule has 6 heteroatoms. The van der Waals surface area contributed by atoms with Gasteiger partial charge in [-0.15, -0.1) is 12.6 Å². The van der Waals surface area contributed by atoms with E-state index >= 15 is 0 Å². The first-order chi connectivity index (χ1) is 15.6. The minimum atomic E-state index is -1.78. The van der Waals surface area contributed by atoms with Crippen LogP contribution in [0.5, 0.6) is 23.0 Å². The molecule has 2 aromatic rings. The van der Waals surface area contributed by atoms with Gasteiger partial charge in [0.05, 0.1) is 0 Å². The van der Waals surface area contributed by atoms with Gasteiger partial charge in [-0.2, -0.15) is 0 Å². The molecular weight excluding hydrogens is 460 g/mol. The molecule has 0 spiro atoms. The maximum atomic E-state index is 12.1. The number of ether oxygens (including phenoxy) is 4. The molecule has 0 aliphatic carbocycles. The van der Waals surface area contributed by atoms with E-state index in [1.807, 2.05) is 107 Å². The minimum absolute atomic E-state index is 0.427. The van der Waals surface area contributed by atoms with Gasteiger partial charge in [-0.05, 0) is 95.2 Å². The number of rotatable bonds is 6. The number of aliphatic hydroxyl groups is 1. The molecule has 0 atom stereocenters. The number of hydrogen-bond donors (Lipinski definition) is 2. The van der Waals surface area contributed by atoms with Crippen LogP contribution < -0.4 is 18.9 Å². The minimum Gasteiger partial charge on any atom is -0.484 e. The Hall–Kier alpha value is -2.05. The summed E-state index contributed by atoms with van der Waals surface area (Å²) in [7, 11) is 0. The SMILES string of the molecule is CC(C)(C)Oc1cccc(C(O)(S)c2cccc(OC(C)(C)C)c2OC(C)(C)C)c1OC(C)(C)C. The zero-order valence-corrected chi connectivity index (χ0v) is 24.4. The van der Waals surface area contributed by atoms with Crippen LogP contribution in [0.2, 0.25) is 0 Å². The first-order valence-electron chi connectivity index (χ1n) is 12.1. The molecule has 0 bridgehead atoms. The normalized spacial score (nSPS) is 13.4. The lowest BCUT2D eigenvalue weighted by molar-refractivity contribution is 0.0823. The summed E-state index contributed by atoms with van der Waals surface area (Å²) in [5.41, 5.74) is -1.13. The van der Waals surface area contributed by atoms with Gasteiger partial charge >= 0.3 is 0 Å². The lowest BCUT2D eigenvalue weighted by atomic mass is 9.97. The van der Waals surface area contributed by atoms with Gasteiger partial charge in [0.2, 0.25) is 0 Å². The standard InChI is InChI=1S/C29H44O5S/c1-25(2,3)31-21-17-13-15-19(23(21)33-27(7,8)9)29(30,35)20-16-14-18-22(32-26(4,5)6)24(20)34-28(10,11)12/h13-18,30,35H,1-12H3. The molecule has 0 fully saturated rings. The summed E-state index contributed by atoms with van der Waals surface area (Å²) in [5, 5.41) is 12.1. The topological polar surface area (TPSA) is 57.2 Å². The average Bonchev–Trinajstić information content (AvgIpc) is 2.59. The summed E-state index contributed by atoms with van der Waals surface area (Å²) in [5.74, 6) is 1.91. The lowest BCUT2D eigenvalue weighted by Gasteiger charge is -2.35. The van der Waals surface area contributed by atoms with Gasteiger partial charge in [-0.3, -0.25) is 0 Å². The van der Waals surface area contributed by atoms with Gasteiger partial charge in [0.15, 0.2) is 27.9 Å². The fourth-order valence-corrected chi connectivity index (χ4v) is 3.72. The van der Waals surface area contributed by atoms with Crippen molar-refractivity contribution >= 4 is 12.6 Å². The molecular formula is C29H44O5S. The van der Waals surface area contributed by atoms with Crippen molar-refractivity contribution in [3.05, 3.63) is 47.5 Å². The zero-order valence-electron chi connectivity index (χ0n) is 23.5. The largest absolute Gasteiger partial charge is 0.484 e. The molecule has 0 aliphatic heterocycles. The molecule has 0 aliphatic rings. The Labute approximate surface area is 217 Å². The van der Waals surface area contributed by atoms with Crippen LogP contribution in [0.15, 0.2) is 36.4 Å². The van der Waals surface area contributed by atoms with Gasteiger partial charge in [-0.1, -0.05) is 24.3 Å². The fraction of sp³-hybridized carbons (Fsp3) is 0.586. The maximum Gasteiger partial charge on any atom is 0.169 e. The van der Waals surface area contributed by atoms with Crippen LogP contribution in [0, 0.1) is 0 Å². The molecule has 0 saturated carbocycles. The van der Waals surface area contributed by atoms with Gasteiger partial charge in [0.1, 0.15) is 22.4 Å². The Balaban J connectivity index is 2.82. The summed E-state index contributed by atoms with van der Waals surface area (Å²) in [6.45, 7) is 23.5. The number of benzene rings is 2. The van der Waals surface area contributed by atoms with Crippen LogP contribution >= 0.6 is 12.6 Å². The highest BCUT2D eigenvalue weighted by atomic mass is 32.1. The summed E-state index contributed by atoms with van der Waals surface area (Å²) < 4.78 is 25.2. The van der Waals surface area contributed by atoms with E-state index in [0.29, 0.717) is 34.1 Å². The Morgan fingerprint density at radius 3 is 1.06 bits per heavy atom. The molecule has 0 amide bonds. The van der Waals surface area contributed by atoms with Gasteiger partial charge in [-0.25, -0.2) is 0 Å². The number of hydrogen-bond acceptors (Lipinski definition) is 6. The Morgan fingerprint density at radius 1 is 0.514 bits per heavy atom. The highest BCUT2D eigenvalue weighted by Gasteiger charge is 2.38. The van der Waals surface area contributed by atoms with E-state index in [4.69, 9.17) is 31.6 Å². The van der Waals surface area contributed by atoms with E-state index in [2.05, 4.69) is 0 Å². The van der Waals surface area contributed by atoms with Crippen molar-refractivity contribution in [2.45, 2.75) is 110 Å². The molecule has 2 rings (SSSR count). The second-order valence-electron chi connectivity index (χ2n) is 12.8. The number of thiol groups is 1. The van der Waals surface area contributed by atoms with Crippen LogP contribution in [-0.2, 0) is 4.93 Å². The van der Waals surface area contributed by atoms with Gasteiger partial charge in [0, 0.05) is 11.1 Å². The van der Waals surface area contributed by atoms with Crippen LogP contribution in [0.25, 0.3) is 0 Å². The highest BCUT2D eigenvalue weighted by molar-refractivity contribution is 7.81. The van der Waals surface area contributed by atoms with Crippen LogP contribution in [0.1, 0.15) is 94.2 Å². The van der Waals surface area contributed by atoms with Crippen molar-refractivity contribution in [2.24, 2.45) is 0 Å². The first kappa shape index (κ1) is 29.2. The summed E-state index contributed by atoms with van der Waals surface area (Å²) >= 11 is 4.81. The number of para-hydroxylation sites is 2. The summed E-state index contributed by atoms with van der Waals surface area (Å²) in [6.07, 6.45) is 0. The molecule has 196 valence electrons. The Kier molecular flexibility index (Phi) is 8.15. The Morgan fingerprint density at radius 2 is 0.800 bits per heavy atom. The van der Waals surface area contributed by atoms with Crippen LogP contribution in [0.3, 0.4) is 0 Å². The van der Waals surface area contributed by atoms with E-state index in [1.165, 1.54) is 0 Å². The zero-order chi connectivity index (χ0) is 27.0. The fourth-order valence-electron chi connectivity index (χ4n) is 3.37. The first-order valence-corrected chi connectivity index (χ1v) is 12.5. The predicted octanol–water partition coefficient (Wildman–Crippen LogP) is 7.52. The highest BCUT2D eigenvalue weighted by Crippen LogP contribution is 2.50. The van der Waals surface area contributed by atoms with Crippen LogP contribution in [-0.4, -0.2) is 27.5 Å². The van der Waals surface area contributed by atoms with E-state index in [-0.39, 0.29) is 0 Å². The van der Waals surface area contributed by atoms with E-state index in [0.717, 1.165) is 0 Å². The molecule has 0 unspecified atom stereocenters. The van der Waals surface area contributed by atoms with Gasteiger partial charge in [0.25, 0.3) is 0 Å². The van der Waals surface area contributed by atoms with Crippen molar-refractivity contribution < 1.29 is 24.1 Å². The maximum absolute atomic E-state index is 12.1. The van der Waals surface area contributed by atoms with Gasteiger partial charge < -0.3 is 24.1 Å². The molecule has 0 aromatic heterocycles. The lowest BCUT2D eigenvalue weighted by Crippen LogP contribution is -2.31. The van der Waals surface area contributed by atoms with E-state index < -0.39 is 27.3 Å². The van der Waals surface area contributed by atoms with Crippen molar-refractivity contribution in [3.63, 3.8) is 0 Å². The third-order valence-corrected chi connectivity index (χ3v) is 4.84. The average molecular weight is 505 g/mol. The molecule has 1 N–H and O–H groups in total. The molecule has 0 radical (unpaired) electrons. The Bertz CT molecular complexity index is 934. The van der Waals surface area contributed by atoms with Crippen molar-refractivity contribution in [1.82, 2.24) is 0 Å². The van der Waals surface area contributed by atoms with Crippen LogP contribution in [0.4, 0.5) is 0 Å². The quantitative estimate of drug-likeness (QED) is 0.315. The molecule has 35 heavy (non-hydrogen) atoms. The predicted molar refractivity (Wildman–Crippen MR) is 146 cm³/mol. The second kappa shape index (κ2) is 9.78. The van der Waals surface area contributed by atoms with Crippen molar-refractivity contribution in [1.29, 1.82) is 0 Å². The van der Waals surface area contributed by atoms with E-state index in [1.54, 1.807) is 12.1 Å².